The summed E-state index contributed by atoms with van der Waals surface area (Å²) in [5.74, 6) is -1.95. The lowest BCUT2D eigenvalue weighted by Crippen LogP contribution is -2.50. The lowest BCUT2D eigenvalue weighted by atomic mass is 10.1. The standard InChI is InChI=1S/C21H22ClF4N3O4S/c1-13(20(31)27-2)28(11-14-4-6-15(23)7-5-14)19(30)12-29(34(3,32)33)16-8-9-18(22)17(10-16)21(24,25)26/h4-10,13H,11-12H2,1-3H3,(H,27,31)/t13-/m1/s1. The first kappa shape index (κ1) is 27.4. The Hall–Kier alpha value is -2.86. The molecule has 0 aliphatic rings. The van der Waals surface area contributed by atoms with Crippen LogP contribution in [0.2, 0.25) is 5.02 Å². The fourth-order valence-corrected chi connectivity index (χ4v) is 4.14. The summed E-state index contributed by atoms with van der Waals surface area (Å²) in [5.41, 5.74) is -1.25. The van der Waals surface area contributed by atoms with Crippen molar-refractivity contribution in [3.8, 4) is 0 Å². The largest absolute Gasteiger partial charge is 0.417 e. The van der Waals surface area contributed by atoms with Gasteiger partial charge in [0.15, 0.2) is 0 Å². The highest BCUT2D eigenvalue weighted by Crippen LogP contribution is 2.37. The van der Waals surface area contributed by atoms with Crippen LogP contribution in [0.5, 0.6) is 0 Å². The van der Waals surface area contributed by atoms with Gasteiger partial charge in [-0.2, -0.15) is 13.2 Å². The Bertz CT molecular complexity index is 1160. The molecule has 1 N–H and O–H groups in total. The molecule has 34 heavy (non-hydrogen) atoms. The van der Waals surface area contributed by atoms with Gasteiger partial charge in [-0.25, -0.2) is 12.8 Å². The number of sulfonamides is 1. The Balaban J connectivity index is 2.46. The van der Waals surface area contributed by atoms with Crippen LogP contribution in [0.1, 0.15) is 18.1 Å². The first-order valence-corrected chi connectivity index (χ1v) is 12.0. The lowest BCUT2D eigenvalue weighted by molar-refractivity contribution is -0.139. The fourth-order valence-electron chi connectivity index (χ4n) is 3.08. The zero-order valence-electron chi connectivity index (χ0n) is 18.4. The Kier molecular flexibility index (Phi) is 8.54. The van der Waals surface area contributed by atoms with E-state index in [-0.39, 0.29) is 6.54 Å². The number of carbonyl (C=O) groups excluding carboxylic acids is 2. The minimum absolute atomic E-state index is 0.181. The number of nitrogens with one attached hydrogen (secondary N) is 1. The van der Waals surface area contributed by atoms with E-state index in [2.05, 4.69) is 5.32 Å². The van der Waals surface area contributed by atoms with Crippen molar-refractivity contribution in [2.45, 2.75) is 25.7 Å². The molecule has 2 rings (SSSR count). The van der Waals surface area contributed by atoms with Gasteiger partial charge in [0.2, 0.25) is 21.8 Å². The van der Waals surface area contributed by atoms with Crippen LogP contribution in [-0.4, -0.2) is 51.0 Å². The molecule has 0 fully saturated rings. The summed E-state index contributed by atoms with van der Waals surface area (Å²) in [6.07, 6.45) is -4.13. The number of benzene rings is 2. The van der Waals surface area contributed by atoms with E-state index >= 15 is 0 Å². The normalized spacial score (nSPS) is 12.7. The second-order valence-electron chi connectivity index (χ2n) is 7.37. The summed E-state index contributed by atoms with van der Waals surface area (Å²) in [6, 6.07) is 6.45. The van der Waals surface area contributed by atoms with Crippen molar-refractivity contribution >= 4 is 39.1 Å². The van der Waals surface area contributed by atoms with E-state index in [1.54, 1.807) is 0 Å². The molecule has 13 heteroatoms. The Morgan fingerprint density at radius 1 is 1.12 bits per heavy atom. The van der Waals surface area contributed by atoms with Gasteiger partial charge in [0.1, 0.15) is 18.4 Å². The second-order valence-corrected chi connectivity index (χ2v) is 9.68. The number of anilines is 1. The number of hydrogen-bond donors (Lipinski definition) is 1. The van der Waals surface area contributed by atoms with Gasteiger partial charge in [0.05, 0.1) is 22.5 Å². The van der Waals surface area contributed by atoms with Crippen LogP contribution in [0, 0.1) is 5.82 Å². The molecular formula is C21H22ClF4N3O4S. The van der Waals surface area contributed by atoms with Gasteiger partial charge in [-0.3, -0.25) is 13.9 Å². The number of rotatable bonds is 8. The Morgan fingerprint density at radius 2 is 1.71 bits per heavy atom. The first-order valence-electron chi connectivity index (χ1n) is 9.75. The third kappa shape index (κ3) is 6.83. The molecule has 2 amide bonds. The average molecular weight is 524 g/mol. The zero-order chi connectivity index (χ0) is 25.8. The highest BCUT2D eigenvalue weighted by molar-refractivity contribution is 7.92. The molecule has 2 aromatic carbocycles. The molecule has 1 atom stereocenters. The Morgan fingerprint density at radius 3 is 2.21 bits per heavy atom. The monoisotopic (exact) mass is 523 g/mol. The maximum Gasteiger partial charge on any atom is 0.417 e. The molecule has 0 bridgehead atoms. The van der Waals surface area contributed by atoms with E-state index in [4.69, 9.17) is 11.6 Å². The lowest BCUT2D eigenvalue weighted by Gasteiger charge is -2.31. The molecule has 0 aliphatic heterocycles. The average Bonchev–Trinajstić information content (AvgIpc) is 2.74. The SMILES string of the molecule is CNC(=O)[C@@H](C)N(Cc1ccc(F)cc1)C(=O)CN(c1ccc(Cl)c(C(F)(F)F)c1)S(C)(=O)=O. The number of halogens is 5. The molecular weight excluding hydrogens is 502 g/mol. The van der Waals surface area contributed by atoms with Crippen molar-refractivity contribution < 1.29 is 35.6 Å². The summed E-state index contributed by atoms with van der Waals surface area (Å²) >= 11 is 5.62. The Labute approximate surface area is 199 Å². The van der Waals surface area contributed by atoms with Crippen molar-refractivity contribution in [1.82, 2.24) is 10.2 Å². The summed E-state index contributed by atoms with van der Waals surface area (Å²) in [5, 5.41) is 1.74. The molecule has 186 valence electrons. The van der Waals surface area contributed by atoms with Crippen molar-refractivity contribution in [2.75, 3.05) is 24.2 Å². The molecule has 0 spiro atoms. The number of carbonyl (C=O) groups is 2. The highest BCUT2D eigenvalue weighted by atomic mass is 35.5. The molecule has 0 heterocycles. The van der Waals surface area contributed by atoms with Crippen LogP contribution >= 0.6 is 11.6 Å². The first-order chi connectivity index (χ1) is 15.6. The van der Waals surface area contributed by atoms with E-state index in [1.807, 2.05) is 0 Å². The third-order valence-electron chi connectivity index (χ3n) is 4.90. The topological polar surface area (TPSA) is 86.8 Å². The second kappa shape index (κ2) is 10.6. The summed E-state index contributed by atoms with van der Waals surface area (Å²) in [7, 11) is -2.88. The van der Waals surface area contributed by atoms with E-state index < -0.39 is 62.7 Å². The van der Waals surface area contributed by atoms with Crippen molar-refractivity contribution in [1.29, 1.82) is 0 Å². The predicted octanol–water partition coefficient (Wildman–Crippen LogP) is 3.43. The van der Waals surface area contributed by atoms with Crippen LogP contribution < -0.4 is 9.62 Å². The molecule has 7 nitrogen and oxygen atoms in total. The summed E-state index contributed by atoms with van der Waals surface area (Å²) < 4.78 is 78.4. The van der Waals surface area contributed by atoms with E-state index in [0.717, 1.165) is 35.4 Å². The van der Waals surface area contributed by atoms with E-state index in [1.165, 1.54) is 26.1 Å². The predicted molar refractivity (Wildman–Crippen MR) is 119 cm³/mol. The minimum atomic E-state index is -4.86. The molecule has 0 saturated carbocycles. The van der Waals surface area contributed by atoms with Crippen LogP contribution in [-0.2, 0) is 32.3 Å². The van der Waals surface area contributed by atoms with Crippen LogP contribution in [0.4, 0.5) is 23.2 Å². The smallest absolute Gasteiger partial charge is 0.357 e. The highest BCUT2D eigenvalue weighted by Gasteiger charge is 2.35. The molecule has 0 aromatic heterocycles. The quantitative estimate of drug-likeness (QED) is 0.537. The van der Waals surface area contributed by atoms with Gasteiger partial charge in [-0.05, 0) is 42.8 Å². The van der Waals surface area contributed by atoms with Gasteiger partial charge in [-0.15, -0.1) is 0 Å². The molecule has 0 aliphatic carbocycles. The number of hydrogen-bond acceptors (Lipinski definition) is 4. The molecule has 0 radical (unpaired) electrons. The van der Waals surface area contributed by atoms with Crippen molar-refractivity contribution in [3.05, 3.63) is 64.4 Å². The van der Waals surface area contributed by atoms with Gasteiger partial charge in [0.25, 0.3) is 0 Å². The molecule has 0 unspecified atom stereocenters. The van der Waals surface area contributed by atoms with Gasteiger partial charge in [-0.1, -0.05) is 23.7 Å². The van der Waals surface area contributed by atoms with E-state index in [9.17, 15) is 35.6 Å². The number of nitrogens with zero attached hydrogens (tertiary/aromatic N) is 2. The maximum atomic E-state index is 13.3. The van der Waals surface area contributed by atoms with Crippen LogP contribution in [0.15, 0.2) is 42.5 Å². The zero-order valence-corrected chi connectivity index (χ0v) is 19.9. The minimum Gasteiger partial charge on any atom is -0.357 e. The number of likely N-dealkylation sites (N-methyl/N-ethyl adjacent to an activating group) is 1. The van der Waals surface area contributed by atoms with Crippen molar-refractivity contribution in [3.63, 3.8) is 0 Å². The molecule has 0 saturated heterocycles. The fraction of sp³-hybridized carbons (Fsp3) is 0.333. The number of alkyl halides is 3. The summed E-state index contributed by atoms with van der Waals surface area (Å²) in [4.78, 5) is 26.4. The van der Waals surface area contributed by atoms with Gasteiger partial charge in [0, 0.05) is 13.6 Å². The number of amides is 2. The van der Waals surface area contributed by atoms with Gasteiger partial charge >= 0.3 is 6.18 Å². The van der Waals surface area contributed by atoms with Gasteiger partial charge < -0.3 is 10.2 Å². The maximum absolute atomic E-state index is 13.3. The van der Waals surface area contributed by atoms with E-state index in [0.29, 0.717) is 15.9 Å². The van der Waals surface area contributed by atoms with Crippen LogP contribution in [0.3, 0.4) is 0 Å². The van der Waals surface area contributed by atoms with Crippen LogP contribution in [0.25, 0.3) is 0 Å². The summed E-state index contributed by atoms with van der Waals surface area (Å²) in [6.45, 7) is 0.328. The third-order valence-corrected chi connectivity index (χ3v) is 6.37. The molecule has 2 aromatic rings. The van der Waals surface area contributed by atoms with Crippen molar-refractivity contribution in [2.24, 2.45) is 0 Å².